The number of aryl methyl sites for hydroxylation is 1. The summed E-state index contributed by atoms with van der Waals surface area (Å²) in [5.74, 6) is -0.252. The van der Waals surface area contributed by atoms with Gasteiger partial charge in [0.2, 0.25) is 0 Å². The van der Waals surface area contributed by atoms with Crippen LogP contribution < -0.4 is 11.1 Å². The third-order valence-corrected chi connectivity index (χ3v) is 3.38. The zero-order valence-corrected chi connectivity index (χ0v) is 11.9. The maximum atomic E-state index is 12.0. The predicted octanol–water partition coefficient (Wildman–Crippen LogP) is 3.30. The largest absolute Gasteiger partial charge is 0.507 e. The van der Waals surface area contributed by atoms with E-state index in [1.54, 1.807) is 30.3 Å². The van der Waals surface area contributed by atoms with Gasteiger partial charge in [0.05, 0.1) is 4.47 Å². The lowest BCUT2D eigenvalue weighted by atomic mass is 10.1. The normalized spacial score (nSPS) is 10.2. The predicted molar refractivity (Wildman–Crippen MR) is 79.4 cm³/mol. The number of hydrogen-bond donors (Lipinski definition) is 3. The molecule has 2 aromatic carbocycles. The Morgan fingerprint density at radius 2 is 2.00 bits per heavy atom. The Hall–Kier alpha value is -2.01. The van der Waals surface area contributed by atoms with Crippen molar-refractivity contribution in [1.82, 2.24) is 0 Å². The average Bonchev–Trinajstić information content (AvgIpc) is 2.36. The molecule has 0 aromatic heterocycles. The van der Waals surface area contributed by atoms with Crippen molar-refractivity contribution in [3.05, 3.63) is 52.0 Å². The van der Waals surface area contributed by atoms with Gasteiger partial charge in [-0.3, -0.25) is 4.79 Å². The molecule has 0 saturated heterocycles. The summed E-state index contributed by atoms with van der Waals surface area (Å²) < 4.78 is 0.549. The van der Waals surface area contributed by atoms with Crippen molar-refractivity contribution < 1.29 is 9.90 Å². The molecule has 98 valence electrons. The summed E-state index contributed by atoms with van der Waals surface area (Å²) in [5.41, 5.74) is 8.27. The standard InChI is InChI=1S/C14H13BrN2O2/c1-8-6-10(16)3-5-12(8)17-14(19)9-2-4-11(15)13(18)7-9/h2-7,18H,16H2,1H3,(H,17,19). The molecule has 2 aromatic rings. The number of nitrogens with one attached hydrogen (secondary N) is 1. The molecule has 0 aliphatic heterocycles. The first-order valence-corrected chi connectivity index (χ1v) is 6.42. The first-order valence-electron chi connectivity index (χ1n) is 5.63. The summed E-state index contributed by atoms with van der Waals surface area (Å²) in [6.07, 6.45) is 0. The van der Waals surface area contributed by atoms with Gasteiger partial charge in [-0.1, -0.05) is 0 Å². The van der Waals surface area contributed by atoms with Gasteiger partial charge in [0.1, 0.15) is 5.75 Å². The third-order valence-electron chi connectivity index (χ3n) is 2.71. The molecular formula is C14H13BrN2O2. The molecule has 0 heterocycles. The number of amides is 1. The Balaban J connectivity index is 2.23. The van der Waals surface area contributed by atoms with Crippen LogP contribution in [0, 0.1) is 6.92 Å². The molecule has 0 bridgehead atoms. The molecule has 0 spiro atoms. The number of carbonyl (C=O) groups excluding carboxylic acids is 1. The van der Waals surface area contributed by atoms with Gasteiger partial charge < -0.3 is 16.2 Å². The zero-order valence-electron chi connectivity index (χ0n) is 10.3. The van der Waals surface area contributed by atoms with Gasteiger partial charge in [0.15, 0.2) is 0 Å². The number of nitrogen functional groups attached to an aromatic ring is 1. The van der Waals surface area contributed by atoms with Gasteiger partial charge in [0.25, 0.3) is 5.91 Å². The Labute approximate surface area is 119 Å². The second-order valence-electron chi connectivity index (χ2n) is 4.19. The smallest absolute Gasteiger partial charge is 0.255 e. The second-order valence-corrected chi connectivity index (χ2v) is 5.05. The molecule has 5 heteroatoms. The van der Waals surface area contributed by atoms with Crippen LogP contribution in [0.3, 0.4) is 0 Å². The van der Waals surface area contributed by atoms with E-state index in [0.717, 1.165) is 5.56 Å². The number of anilines is 2. The van der Waals surface area contributed by atoms with Crippen LogP contribution in [0.4, 0.5) is 11.4 Å². The van der Waals surface area contributed by atoms with Crippen LogP contribution in [0.25, 0.3) is 0 Å². The van der Waals surface area contributed by atoms with Crippen LogP contribution in [0.15, 0.2) is 40.9 Å². The number of carbonyl (C=O) groups is 1. The van der Waals surface area contributed by atoms with Crippen molar-refractivity contribution in [1.29, 1.82) is 0 Å². The lowest BCUT2D eigenvalue weighted by molar-refractivity contribution is 0.102. The van der Waals surface area contributed by atoms with E-state index in [1.165, 1.54) is 6.07 Å². The molecule has 1 amide bonds. The highest BCUT2D eigenvalue weighted by atomic mass is 79.9. The van der Waals surface area contributed by atoms with Crippen LogP contribution in [-0.2, 0) is 0 Å². The second kappa shape index (κ2) is 5.32. The number of halogens is 1. The van der Waals surface area contributed by atoms with Crippen molar-refractivity contribution >= 4 is 33.2 Å². The third kappa shape index (κ3) is 3.06. The summed E-state index contributed by atoms with van der Waals surface area (Å²) in [6.45, 7) is 1.87. The molecule has 0 radical (unpaired) electrons. The minimum Gasteiger partial charge on any atom is -0.507 e. The summed E-state index contributed by atoms with van der Waals surface area (Å²) in [7, 11) is 0. The number of rotatable bonds is 2. The van der Waals surface area contributed by atoms with Crippen molar-refractivity contribution in [2.24, 2.45) is 0 Å². The maximum absolute atomic E-state index is 12.0. The quantitative estimate of drug-likeness (QED) is 0.743. The highest BCUT2D eigenvalue weighted by Gasteiger charge is 2.09. The fraction of sp³-hybridized carbons (Fsp3) is 0.0714. The molecule has 4 N–H and O–H groups in total. The summed E-state index contributed by atoms with van der Waals surface area (Å²) in [6, 6.07) is 9.93. The molecule has 0 fully saturated rings. The number of aromatic hydroxyl groups is 1. The summed E-state index contributed by atoms with van der Waals surface area (Å²) in [4.78, 5) is 12.0. The highest BCUT2D eigenvalue weighted by Crippen LogP contribution is 2.25. The maximum Gasteiger partial charge on any atom is 0.255 e. The lowest BCUT2D eigenvalue weighted by Crippen LogP contribution is -2.12. The topological polar surface area (TPSA) is 75.3 Å². The van der Waals surface area contributed by atoms with Crippen molar-refractivity contribution in [2.45, 2.75) is 6.92 Å². The van der Waals surface area contributed by atoms with Gasteiger partial charge in [-0.2, -0.15) is 0 Å². The summed E-state index contributed by atoms with van der Waals surface area (Å²) in [5, 5.41) is 12.3. The van der Waals surface area contributed by atoms with E-state index >= 15 is 0 Å². The van der Waals surface area contributed by atoms with Crippen LogP contribution in [0.1, 0.15) is 15.9 Å². The minimum atomic E-state index is -0.282. The van der Waals surface area contributed by atoms with E-state index in [2.05, 4.69) is 21.2 Å². The fourth-order valence-corrected chi connectivity index (χ4v) is 1.92. The van der Waals surface area contributed by atoms with Gasteiger partial charge in [0, 0.05) is 16.9 Å². The fourth-order valence-electron chi connectivity index (χ4n) is 1.68. The zero-order chi connectivity index (χ0) is 14.0. The summed E-state index contributed by atoms with van der Waals surface area (Å²) >= 11 is 3.17. The SMILES string of the molecule is Cc1cc(N)ccc1NC(=O)c1ccc(Br)c(O)c1. The lowest BCUT2D eigenvalue weighted by Gasteiger charge is -2.09. The first-order chi connectivity index (χ1) is 8.97. The van der Waals surface area contributed by atoms with Crippen LogP contribution in [0.5, 0.6) is 5.75 Å². The van der Waals surface area contributed by atoms with Gasteiger partial charge in [-0.25, -0.2) is 0 Å². The minimum absolute atomic E-state index is 0.0293. The number of benzene rings is 2. The molecule has 0 unspecified atom stereocenters. The Morgan fingerprint density at radius 3 is 2.63 bits per heavy atom. The van der Waals surface area contributed by atoms with Crippen molar-refractivity contribution in [3.8, 4) is 5.75 Å². The van der Waals surface area contributed by atoms with E-state index in [1.807, 2.05) is 6.92 Å². The van der Waals surface area contributed by atoms with E-state index < -0.39 is 0 Å². The molecule has 0 atom stereocenters. The van der Waals surface area contributed by atoms with Gasteiger partial charge >= 0.3 is 0 Å². The molecule has 19 heavy (non-hydrogen) atoms. The van der Waals surface area contributed by atoms with E-state index in [4.69, 9.17) is 5.73 Å². The van der Waals surface area contributed by atoms with E-state index in [-0.39, 0.29) is 11.7 Å². The van der Waals surface area contributed by atoms with E-state index in [9.17, 15) is 9.90 Å². The highest BCUT2D eigenvalue weighted by molar-refractivity contribution is 9.10. The molecule has 0 aliphatic carbocycles. The average molecular weight is 321 g/mol. The molecule has 4 nitrogen and oxygen atoms in total. The molecular weight excluding hydrogens is 308 g/mol. The first kappa shape index (κ1) is 13.4. The Bertz CT molecular complexity index is 641. The molecule has 2 rings (SSSR count). The monoisotopic (exact) mass is 320 g/mol. The number of phenols is 1. The number of phenolic OH excluding ortho intramolecular Hbond substituents is 1. The van der Waals surface area contributed by atoms with Gasteiger partial charge in [-0.15, -0.1) is 0 Å². The van der Waals surface area contributed by atoms with Crippen LogP contribution in [0.2, 0.25) is 0 Å². The van der Waals surface area contributed by atoms with Crippen molar-refractivity contribution in [3.63, 3.8) is 0 Å². The van der Waals surface area contributed by atoms with Crippen molar-refractivity contribution in [2.75, 3.05) is 11.1 Å². The van der Waals surface area contributed by atoms with Gasteiger partial charge in [-0.05, 0) is 64.8 Å². The molecule has 0 aliphatic rings. The molecule has 0 saturated carbocycles. The van der Waals surface area contributed by atoms with Crippen LogP contribution >= 0.6 is 15.9 Å². The van der Waals surface area contributed by atoms with Crippen LogP contribution in [-0.4, -0.2) is 11.0 Å². The Kier molecular flexibility index (Phi) is 3.76. The number of hydrogen-bond acceptors (Lipinski definition) is 3. The number of nitrogens with two attached hydrogens (primary N) is 1. The van der Waals surface area contributed by atoms with E-state index in [0.29, 0.717) is 21.4 Å². The Morgan fingerprint density at radius 1 is 1.26 bits per heavy atom.